The van der Waals surface area contributed by atoms with Crippen LogP contribution in [0.2, 0.25) is 0 Å². The Morgan fingerprint density at radius 2 is 0.585 bits per heavy atom. The Balaban J connectivity index is 1.03. The van der Waals surface area contributed by atoms with Crippen molar-refractivity contribution in [2.75, 3.05) is 16.8 Å². The van der Waals surface area contributed by atoms with E-state index in [9.17, 15) is 0 Å². The van der Waals surface area contributed by atoms with Crippen molar-refractivity contribution >= 4 is 50.0 Å². The molecule has 2 heteroatoms. The van der Waals surface area contributed by atoms with E-state index in [0.717, 1.165) is 22.7 Å². The number of nitrogens with zero attached hydrogens (tertiary/aromatic N) is 2. The zero-order valence-electron chi connectivity index (χ0n) is 29.6. The van der Waals surface area contributed by atoms with E-state index in [1.807, 2.05) is 0 Å². The number of hydrogen-bond donors (Lipinski definition) is 0. The van der Waals surface area contributed by atoms with Gasteiger partial charge in [-0.05, 0) is 98.8 Å². The summed E-state index contributed by atoms with van der Waals surface area (Å²) < 4.78 is 0. The summed E-state index contributed by atoms with van der Waals surface area (Å²) in [6.45, 7) is 0. The lowest BCUT2D eigenvalue weighted by Crippen LogP contribution is -2.10. The van der Waals surface area contributed by atoms with Gasteiger partial charge in [0.1, 0.15) is 0 Å². The van der Waals surface area contributed by atoms with Crippen LogP contribution in [0.5, 0.6) is 0 Å². The van der Waals surface area contributed by atoms with Crippen molar-refractivity contribution in [1.29, 1.82) is 0 Å². The SMILES string of the molecule is CN(c1ccc(-c2ccc(N(c3ccc(-c4ccccc4)cc3)c3ccc(-c4ccccc4)cc3)cc2)cc1)c1c2ccccc2cc2ccccc12. The summed E-state index contributed by atoms with van der Waals surface area (Å²) in [5.41, 5.74) is 12.9. The van der Waals surface area contributed by atoms with Crippen LogP contribution >= 0.6 is 0 Å². The van der Waals surface area contributed by atoms with Crippen molar-refractivity contribution in [3.63, 3.8) is 0 Å². The van der Waals surface area contributed by atoms with Crippen LogP contribution < -0.4 is 9.80 Å². The molecule has 0 fully saturated rings. The Hall–Kier alpha value is -6.90. The van der Waals surface area contributed by atoms with Gasteiger partial charge in [-0.25, -0.2) is 0 Å². The molecule has 53 heavy (non-hydrogen) atoms. The molecule has 0 saturated heterocycles. The van der Waals surface area contributed by atoms with Crippen LogP contribution in [0.25, 0.3) is 54.9 Å². The molecule has 0 N–H and O–H groups in total. The molecule has 0 aromatic heterocycles. The molecule has 0 saturated carbocycles. The topological polar surface area (TPSA) is 6.48 Å². The molecule has 0 atom stereocenters. The van der Waals surface area contributed by atoms with Crippen LogP contribution in [0.1, 0.15) is 0 Å². The standard InChI is InChI=1S/C51H38N2/c1-52(51-49-18-10-8-16-43(49)36-44-17-9-11-19-50(44)51)45-28-20-41(21-29-45)42-26-34-48(35-27-42)53(46-30-22-39(23-31-46)37-12-4-2-5-13-37)47-32-24-40(25-33-47)38-14-6-3-7-15-38/h2-36H,1H3. The highest BCUT2D eigenvalue weighted by atomic mass is 15.1. The Labute approximate surface area is 311 Å². The Bertz CT molecular complexity index is 2490. The normalized spacial score (nSPS) is 11.1. The summed E-state index contributed by atoms with van der Waals surface area (Å²) in [6, 6.07) is 76.3. The van der Waals surface area contributed by atoms with E-state index in [4.69, 9.17) is 0 Å². The van der Waals surface area contributed by atoms with Gasteiger partial charge < -0.3 is 9.80 Å². The van der Waals surface area contributed by atoms with E-state index < -0.39 is 0 Å². The maximum atomic E-state index is 2.33. The second-order valence-corrected chi connectivity index (χ2v) is 13.5. The highest BCUT2D eigenvalue weighted by molar-refractivity contribution is 6.12. The van der Waals surface area contributed by atoms with E-state index in [0.29, 0.717) is 0 Å². The molecular formula is C51H38N2. The molecule has 0 unspecified atom stereocenters. The van der Waals surface area contributed by atoms with Crippen LogP contribution in [0.4, 0.5) is 28.4 Å². The first-order valence-electron chi connectivity index (χ1n) is 18.2. The van der Waals surface area contributed by atoms with Gasteiger partial charge in [-0.3, -0.25) is 0 Å². The van der Waals surface area contributed by atoms with E-state index in [2.05, 4.69) is 229 Å². The summed E-state index contributed by atoms with van der Waals surface area (Å²) in [6.07, 6.45) is 0. The Morgan fingerprint density at radius 3 is 0.962 bits per heavy atom. The fourth-order valence-corrected chi connectivity index (χ4v) is 7.47. The first kappa shape index (κ1) is 32.0. The third kappa shape index (κ3) is 6.32. The van der Waals surface area contributed by atoms with Crippen LogP contribution in [-0.4, -0.2) is 7.05 Å². The van der Waals surface area contributed by atoms with E-state index in [-0.39, 0.29) is 0 Å². The molecular weight excluding hydrogens is 641 g/mol. The number of anilines is 5. The molecule has 252 valence electrons. The van der Waals surface area contributed by atoms with Gasteiger partial charge in [0, 0.05) is 40.6 Å². The first-order chi connectivity index (χ1) is 26.2. The molecule has 0 amide bonds. The zero-order valence-corrected chi connectivity index (χ0v) is 29.6. The van der Waals surface area contributed by atoms with Gasteiger partial charge in [0.2, 0.25) is 0 Å². The second-order valence-electron chi connectivity index (χ2n) is 13.5. The van der Waals surface area contributed by atoms with Gasteiger partial charge in [0.25, 0.3) is 0 Å². The van der Waals surface area contributed by atoms with Crippen molar-refractivity contribution in [3.05, 3.63) is 212 Å². The minimum absolute atomic E-state index is 1.10. The van der Waals surface area contributed by atoms with Gasteiger partial charge in [-0.15, -0.1) is 0 Å². The largest absolute Gasteiger partial charge is 0.344 e. The summed E-state index contributed by atoms with van der Waals surface area (Å²) in [5, 5.41) is 5.00. The molecule has 2 nitrogen and oxygen atoms in total. The van der Waals surface area contributed by atoms with E-state index in [1.54, 1.807) is 0 Å². The average Bonchev–Trinajstić information content (AvgIpc) is 3.24. The van der Waals surface area contributed by atoms with Crippen LogP contribution in [0.3, 0.4) is 0 Å². The molecule has 0 spiro atoms. The van der Waals surface area contributed by atoms with Crippen LogP contribution in [0.15, 0.2) is 212 Å². The summed E-state index contributed by atoms with van der Waals surface area (Å²) >= 11 is 0. The van der Waals surface area contributed by atoms with Crippen LogP contribution in [-0.2, 0) is 0 Å². The maximum absolute atomic E-state index is 2.33. The predicted molar refractivity (Wildman–Crippen MR) is 227 cm³/mol. The lowest BCUT2D eigenvalue weighted by atomic mass is 9.99. The lowest BCUT2D eigenvalue weighted by molar-refractivity contribution is 1.23. The molecule has 0 bridgehead atoms. The quantitative estimate of drug-likeness (QED) is 0.148. The molecule has 0 radical (unpaired) electrons. The summed E-state index contributed by atoms with van der Waals surface area (Å²) in [7, 11) is 2.17. The molecule has 0 aliphatic heterocycles. The second kappa shape index (κ2) is 14.0. The first-order valence-corrected chi connectivity index (χ1v) is 18.2. The van der Waals surface area contributed by atoms with Gasteiger partial charge >= 0.3 is 0 Å². The molecule has 9 aromatic rings. The molecule has 0 heterocycles. The number of rotatable bonds is 8. The zero-order chi connectivity index (χ0) is 35.6. The van der Waals surface area contributed by atoms with Crippen molar-refractivity contribution in [2.45, 2.75) is 0 Å². The summed E-state index contributed by atoms with van der Waals surface area (Å²) in [5.74, 6) is 0. The highest BCUT2D eigenvalue weighted by Crippen LogP contribution is 2.40. The highest BCUT2D eigenvalue weighted by Gasteiger charge is 2.16. The smallest absolute Gasteiger partial charge is 0.0567 e. The van der Waals surface area contributed by atoms with Gasteiger partial charge in [0.15, 0.2) is 0 Å². The van der Waals surface area contributed by atoms with Crippen molar-refractivity contribution in [3.8, 4) is 33.4 Å². The minimum atomic E-state index is 1.10. The number of benzene rings is 9. The van der Waals surface area contributed by atoms with Crippen molar-refractivity contribution in [1.82, 2.24) is 0 Å². The number of hydrogen-bond acceptors (Lipinski definition) is 2. The lowest BCUT2D eigenvalue weighted by Gasteiger charge is -2.26. The third-order valence-corrected chi connectivity index (χ3v) is 10.3. The minimum Gasteiger partial charge on any atom is -0.344 e. The van der Waals surface area contributed by atoms with E-state index >= 15 is 0 Å². The fraction of sp³-hybridized carbons (Fsp3) is 0.0196. The molecule has 0 aliphatic rings. The molecule has 0 aliphatic carbocycles. The van der Waals surface area contributed by atoms with Gasteiger partial charge in [-0.2, -0.15) is 0 Å². The molecule has 9 rings (SSSR count). The van der Waals surface area contributed by atoms with Crippen molar-refractivity contribution in [2.24, 2.45) is 0 Å². The van der Waals surface area contributed by atoms with Gasteiger partial charge in [-0.1, -0.05) is 158 Å². The average molecular weight is 679 g/mol. The predicted octanol–water partition coefficient (Wildman–Crippen LogP) is 14.2. The van der Waals surface area contributed by atoms with E-state index in [1.165, 1.54) is 60.6 Å². The molecule has 9 aromatic carbocycles. The van der Waals surface area contributed by atoms with Crippen molar-refractivity contribution < 1.29 is 0 Å². The fourth-order valence-electron chi connectivity index (χ4n) is 7.47. The summed E-state index contributed by atoms with van der Waals surface area (Å²) in [4.78, 5) is 4.65. The Morgan fingerprint density at radius 1 is 0.283 bits per heavy atom. The van der Waals surface area contributed by atoms with Crippen LogP contribution in [0, 0.1) is 0 Å². The monoisotopic (exact) mass is 678 g/mol. The van der Waals surface area contributed by atoms with Gasteiger partial charge in [0.05, 0.1) is 5.69 Å². The Kier molecular flexibility index (Phi) is 8.47. The number of fused-ring (bicyclic) bond motifs is 2. The third-order valence-electron chi connectivity index (χ3n) is 10.3. The maximum Gasteiger partial charge on any atom is 0.0567 e.